The van der Waals surface area contributed by atoms with Crippen LogP contribution in [-0.4, -0.2) is 28.9 Å². The van der Waals surface area contributed by atoms with E-state index in [1.165, 1.54) is 0 Å². The summed E-state index contributed by atoms with van der Waals surface area (Å²) in [5.74, 6) is 0. The zero-order valence-corrected chi connectivity index (χ0v) is 19.5. The topological polar surface area (TPSA) is 92.3 Å². The van der Waals surface area contributed by atoms with Crippen LogP contribution in [0.3, 0.4) is 0 Å². The molecule has 1 aliphatic rings. The van der Waals surface area contributed by atoms with Gasteiger partial charge in [-0.1, -0.05) is 37.1 Å². The molecule has 6 nitrogen and oxygen atoms in total. The lowest BCUT2D eigenvalue weighted by atomic mass is 9.92. The Morgan fingerprint density at radius 2 is 1.03 bits per heavy atom. The molecule has 2 aromatic rings. The molecule has 0 aromatic heterocycles. The molecule has 30 heavy (non-hydrogen) atoms. The molecule has 0 aliphatic heterocycles. The molecule has 8 heteroatoms. The van der Waals surface area contributed by atoms with Crippen LogP contribution in [0.15, 0.2) is 46.2 Å². The largest absolute Gasteiger partial charge is 0.241 e. The van der Waals surface area contributed by atoms with Gasteiger partial charge in [0.05, 0.1) is 9.79 Å². The molecule has 2 aromatic carbocycles. The molecule has 0 bridgehead atoms. The van der Waals surface area contributed by atoms with Gasteiger partial charge in [0.25, 0.3) is 0 Å². The number of aryl methyl sites for hydroxylation is 4. The quantitative estimate of drug-likeness (QED) is 0.705. The Labute approximate surface area is 180 Å². The molecule has 0 saturated heterocycles. The van der Waals surface area contributed by atoms with Crippen LogP contribution in [0.5, 0.6) is 0 Å². The van der Waals surface area contributed by atoms with E-state index < -0.39 is 32.1 Å². The Bertz CT molecular complexity index is 1050. The van der Waals surface area contributed by atoms with Crippen molar-refractivity contribution >= 4 is 20.0 Å². The Kier molecular flexibility index (Phi) is 6.72. The van der Waals surface area contributed by atoms with Gasteiger partial charge in [0.1, 0.15) is 0 Å². The first-order valence-corrected chi connectivity index (χ1v) is 13.2. The van der Waals surface area contributed by atoms with E-state index in [1.54, 1.807) is 38.1 Å². The van der Waals surface area contributed by atoms with Crippen LogP contribution >= 0.6 is 0 Å². The predicted octanol–water partition coefficient (Wildman–Crippen LogP) is 3.49. The monoisotopic (exact) mass is 450 g/mol. The van der Waals surface area contributed by atoms with Gasteiger partial charge in [0.2, 0.25) is 20.0 Å². The lowest BCUT2D eigenvalue weighted by Gasteiger charge is -2.32. The predicted molar refractivity (Wildman–Crippen MR) is 119 cm³/mol. The van der Waals surface area contributed by atoms with Crippen molar-refractivity contribution in [3.8, 4) is 0 Å². The van der Waals surface area contributed by atoms with Crippen molar-refractivity contribution in [2.75, 3.05) is 0 Å². The average Bonchev–Trinajstić information content (AvgIpc) is 2.66. The van der Waals surface area contributed by atoms with Crippen molar-refractivity contribution in [1.82, 2.24) is 9.44 Å². The molecular formula is C22H30N2O4S2. The number of rotatable bonds is 6. The third kappa shape index (κ3) is 5.11. The van der Waals surface area contributed by atoms with Gasteiger partial charge in [0.15, 0.2) is 0 Å². The van der Waals surface area contributed by atoms with E-state index in [4.69, 9.17) is 0 Å². The minimum Gasteiger partial charge on any atom is -0.207 e. The molecule has 0 heterocycles. The van der Waals surface area contributed by atoms with Crippen LogP contribution < -0.4 is 9.44 Å². The van der Waals surface area contributed by atoms with Crippen LogP contribution in [-0.2, 0) is 20.0 Å². The number of benzene rings is 2. The second-order valence-corrected chi connectivity index (χ2v) is 11.6. The Morgan fingerprint density at radius 1 is 0.667 bits per heavy atom. The molecule has 0 amide bonds. The lowest BCUT2D eigenvalue weighted by molar-refractivity contribution is 0.340. The van der Waals surface area contributed by atoms with E-state index in [0.29, 0.717) is 24.0 Å². The summed E-state index contributed by atoms with van der Waals surface area (Å²) < 4.78 is 57.8. The summed E-state index contributed by atoms with van der Waals surface area (Å²) in [6.07, 6.45) is 2.87. The van der Waals surface area contributed by atoms with E-state index in [0.717, 1.165) is 24.0 Å². The van der Waals surface area contributed by atoms with Crippen molar-refractivity contribution in [1.29, 1.82) is 0 Å². The molecule has 3 rings (SSSR count). The summed E-state index contributed by atoms with van der Waals surface area (Å²) >= 11 is 0. The van der Waals surface area contributed by atoms with Gasteiger partial charge >= 0.3 is 0 Å². The first-order valence-electron chi connectivity index (χ1n) is 10.2. The fourth-order valence-corrected chi connectivity index (χ4v) is 7.21. The first kappa shape index (κ1) is 22.9. The molecule has 2 N–H and O–H groups in total. The SMILES string of the molecule is Cc1ccc(C)c(S(=O)(=O)N[C@H]2CCCC[C@@H]2NS(=O)(=O)c2cc(C)ccc2C)c1. The Morgan fingerprint density at radius 3 is 1.40 bits per heavy atom. The highest BCUT2D eigenvalue weighted by molar-refractivity contribution is 7.90. The molecule has 164 valence electrons. The maximum absolute atomic E-state index is 13.1. The van der Waals surface area contributed by atoms with Crippen molar-refractivity contribution < 1.29 is 16.8 Å². The zero-order valence-electron chi connectivity index (χ0n) is 17.9. The fraction of sp³-hybridized carbons (Fsp3) is 0.455. The van der Waals surface area contributed by atoms with Crippen LogP contribution in [0.4, 0.5) is 0 Å². The summed E-state index contributed by atoms with van der Waals surface area (Å²) in [7, 11) is -7.53. The number of hydrogen-bond donors (Lipinski definition) is 2. The fourth-order valence-electron chi connectivity index (χ4n) is 3.93. The first-order chi connectivity index (χ1) is 14.0. The summed E-state index contributed by atoms with van der Waals surface area (Å²) in [5, 5.41) is 0. The van der Waals surface area contributed by atoms with Gasteiger partial charge in [-0.05, 0) is 74.9 Å². The van der Waals surface area contributed by atoms with Gasteiger partial charge in [-0.25, -0.2) is 26.3 Å². The second kappa shape index (κ2) is 8.78. The second-order valence-electron chi connectivity index (χ2n) is 8.28. The van der Waals surface area contributed by atoms with E-state index in [9.17, 15) is 16.8 Å². The summed E-state index contributed by atoms with van der Waals surface area (Å²) in [5.41, 5.74) is 3.04. The van der Waals surface area contributed by atoms with E-state index in [-0.39, 0.29) is 9.79 Å². The Hall–Kier alpha value is -1.74. The summed E-state index contributed by atoms with van der Waals surface area (Å²) in [6.45, 7) is 7.21. The van der Waals surface area contributed by atoms with Gasteiger partial charge in [0, 0.05) is 12.1 Å². The third-order valence-corrected chi connectivity index (χ3v) is 8.91. The average molecular weight is 451 g/mol. The third-order valence-electron chi connectivity index (χ3n) is 5.65. The normalized spacial score (nSPS) is 20.3. The minimum absolute atomic E-state index is 0.240. The Balaban J connectivity index is 1.86. The minimum atomic E-state index is -3.77. The number of sulfonamides is 2. The van der Waals surface area contributed by atoms with Crippen molar-refractivity contribution in [2.45, 2.75) is 75.3 Å². The van der Waals surface area contributed by atoms with Crippen LogP contribution in [0, 0.1) is 27.7 Å². The van der Waals surface area contributed by atoms with Crippen molar-refractivity contribution in [2.24, 2.45) is 0 Å². The van der Waals surface area contributed by atoms with Crippen LogP contribution in [0.2, 0.25) is 0 Å². The van der Waals surface area contributed by atoms with Gasteiger partial charge in [-0.3, -0.25) is 0 Å². The smallest absolute Gasteiger partial charge is 0.207 e. The maximum Gasteiger partial charge on any atom is 0.241 e. The molecule has 1 fully saturated rings. The molecule has 0 radical (unpaired) electrons. The van der Waals surface area contributed by atoms with Gasteiger partial charge < -0.3 is 0 Å². The summed E-state index contributed by atoms with van der Waals surface area (Å²) in [4.78, 5) is 0.480. The van der Waals surface area contributed by atoms with Crippen LogP contribution in [0.25, 0.3) is 0 Å². The molecule has 1 aliphatic carbocycles. The summed E-state index contributed by atoms with van der Waals surface area (Å²) in [6, 6.07) is 9.61. The van der Waals surface area contributed by atoms with Crippen molar-refractivity contribution in [3.63, 3.8) is 0 Å². The van der Waals surface area contributed by atoms with E-state index >= 15 is 0 Å². The van der Waals surface area contributed by atoms with Crippen LogP contribution in [0.1, 0.15) is 47.9 Å². The molecular weight excluding hydrogens is 420 g/mol. The molecule has 0 spiro atoms. The maximum atomic E-state index is 13.1. The number of hydrogen-bond acceptors (Lipinski definition) is 4. The van der Waals surface area contributed by atoms with Gasteiger partial charge in [-0.15, -0.1) is 0 Å². The highest BCUT2D eigenvalue weighted by Gasteiger charge is 2.33. The standard InChI is InChI=1S/C22H30N2O4S2/c1-15-9-11-17(3)21(13-15)29(25,26)23-19-7-5-6-8-20(19)24-30(27,28)22-14-16(2)10-12-18(22)4/h9-14,19-20,23-24H,5-8H2,1-4H3/t19-,20-/m0/s1. The number of nitrogens with one attached hydrogen (secondary N) is 2. The zero-order chi connectivity index (χ0) is 22.1. The van der Waals surface area contributed by atoms with E-state index in [1.807, 2.05) is 26.0 Å². The van der Waals surface area contributed by atoms with E-state index in [2.05, 4.69) is 9.44 Å². The molecule has 1 saturated carbocycles. The molecule has 0 unspecified atom stereocenters. The molecule has 2 atom stereocenters. The van der Waals surface area contributed by atoms with Gasteiger partial charge in [-0.2, -0.15) is 0 Å². The lowest BCUT2D eigenvalue weighted by Crippen LogP contribution is -2.53. The highest BCUT2D eigenvalue weighted by Crippen LogP contribution is 2.25. The highest BCUT2D eigenvalue weighted by atomic mass is 32.2. The van der Waals surface area contributed by atoms with Crippen molar-refractivity contribution in [3.05, 3.63) is 58.7 Å².